The number of nitrogens with zero attached hydrogens (tertiary/aromatic N) is 1. The fourth-order valence-electron chi connectivity index (χ4n) is 2.60. The number of nitro benzene ring substituents is 1. The lowest BCUT2D eigenvalue weighted by atomic mass is 10.1. The van der Waals surface area contributed by atoms with E-state index in [1.165, 1.54) is 0 Å². The number of nitro groups is 1. The second kappa shape index (κ2) is 9.44. The Kier molecular flexibility index (Phi) is 7.40. The van der Waals surface area contributed by atoms with Crippen molar-refractivity contribution in [3.05, 3.63) is 69.2 Å². The van der Waals surface area contributed by atoms with Gasteiger partial charge < -0.3 is 10.1 Å². The molecule has 0 bridgehead atoms. The molecular weight excluding hydrogens is 448 g/mol. The molecule has 166 valence electrons. The zero-order valence-corrected chi connectivity index (χ0v) is 18.6. The zero-order chi connectivity index (χ0) is 23.4. The van der Waals surface area contributed by atoms with Crippen molar-refractivity contribution in [3.63, 3.8) is 0 Å². The summed E-state index contributed by atoms with van der Waals surface area (Å²) in [6.07, 6.45) is -1.10. The third-order valence-electron chi connectivity index (χ3n) is 3.95. The summed E-state index contributed by atoms with van der Waals surface area (Å²) >= 11 is 5.73. The molecule has 0 aliphatic carbocycles. The van der Waals surface area contributed by atoms with Gasteiger partial charge in [0.15, 0.2) is 0 Å². The Morgan fingerprint density at radius 3 is 2.32 bits per heavy atom. The summed E-state index contributed by atoms with van der Waals surface area (Å²) < 4.78 is 31.0. The van der Waals surface area contributed by atoms with Gasteiger partial charge in [0.1, 0.15) is 16.7 Å². The maximum Gasteiger partial charge on any atom is 0.408 e. The summed E-state index contributed by atoms with van der Waals surface area (Å²) in [5.41, 5.74) is -0.940. The molecule has 2 aromatic carbocycles. The summed E-state index contributed by atoms with van der Waals surface area (Å²) in [6.45, 7) is 4.85. The van der Waals surface area contributed by atoms with Gasteiger partial charge in [-0.3, -0.25) is 14.9 Å². The lowest BCUT2D eigenvalue weighted by Crippen LogP contribution is -2.47. The van der Waals surface area contributed by atoms with Crippen LogP contribution in [0.4, 0.5) is 10.5 Å². The van der Waals surface area contributed by atoms with Crippen molar-refractivity contribution in [2.45, 2.75) is 43.7 Å². The quantitative estimate of drug-likeness (QED) is 0.504. The number of sulfone groups is 1. The number of amides is 1. The molecule has 2 rings (SSSR count). The van der Waals surface area contributed by atoms with Crippen LogP contribution in [0.25, 0.3) is 0 Å². The smallest absolute Gasteiger partial charge is 0.408 e. The fraction of sp³-hybridized carbons (Fsp3) is 0.300. The van der Waals surface area contributed by atoms with E-state index >= 15 is 0 Å². The minimum absolute atomic E-state index is 0.131. The first-order chi connectivity index (χ1) is 14.3. The van der Waals surface area contributed by atoms with E-state index in [0.29, 0.717) is 11.6 Å². The van der Waals surface area contributed by atoms with Gasteiger partial charge in [0, 0.05) is 12.5 Å². The molecule has 0 aromatic heterocycles. The first-order valence-corrected chi connectivity index (χ1v) is 10.9. The number of hydrogen-bond donors (Lipinski definition) is 1. The maximum atomic E-state index is 13.0. The first kappa shape index (κ1) is 24.3. The molecule has 31 heavy (non-hydrogen) atoms. The highest BCUT2D eigenvalue weighted by Crippen LogP contribution is 2.28. The summed E-state index contributed by atoms with van der Waals surface area (Å²) in [5, 5.41) is 11.8. The van der Waals surface area contributed by atoms with E-state index < -0.39 is 48.2 Å². The van der Waals surface area contributed by atoms with E-state index in [4.69, 9.17) is 16.3 Å². The van der Waals surface area contributed by atoms with Crippen LogP contribution >= 0.6 is 11.6 Å². The standard InChI is InChI=1S/C20H21ClN2O7S/c1-20(2,3)30-19(25)22-16(11-13-7-5-4-6-8-13)18(24)31(28,29)14-9-10-15(21)17(12-14)23(26)27/h4-10,12,16H,11H2,1-3H3,(H,22,25)/t16-/m0/s1. The van der Waals surface area contributed by atoms with Crippen LogP contribution in [0.15, 0.2) is 53.4 Å². The van der Waals surface area contributed by atoms with E-state index in [1.807, 2.05) is 0 Å². The Labute approximate surface area is 184 Å². The second-order valence-electron chi connectivity index (χ2n) is 7.58. The summed E-state index contributed by atoms with van der Waals surface area (Å²) in [7, 11) is -4.69. The molecule has 1 amide bonds. The molecule has 1 atom stereocenters. The Hall–Kier alpha value is -2.98. The number of ether oxygens (including phenoxy) is 1. The van der Waals surface area contributed by atoms with Gasteiger partial charge in [0.25, 0.3) is 10.8 Å². The molecule has 0 radical (unpaired) electrons. The highest BCUT2D eigenvalue weighted by molar-refractivity contribution is 8.06. The van der Waals surface area contributed by atoms with Crippen LogP contribution in [0.3, 0.4) is 0 Å². The average molecular weight is 469 g/mol. The van der Waals surface area contributed by atoms with E-state index in [0.717, 1.165) is 12.1 Å². The monoisotopic (exact) mass is 468 g/mol. The van der Waals surface area contributed by atoms with Crippen molar-refractivity contribution in [1.82, 2.24) is 5.32 Å². The molecule has 11 heteroatoms. The SMILES string of the molecule is CC(C)(C)OC(=O)N[C@@H](Cc1ccccc1)C(=O)S(=O)(=O)c1ccc(Cl)c([N+](=O)[O-])c1. The van der Waals surface area contributed by atoms with Crippen molar-refractivity contribution in [2.24, 2.45) is 0 Å². The lowest BCUT2D eigenvalue weighted by Gasteiger charge is -2.23. The molecule has 1 N–H and O–H groups in total. The highest BCUT2D eigenvalue weighted by Gasteiger charge is 2.35. The first-order valence-electron chi connectivity index (χ1n) is 9.07. The van der Waals surface area contributed by atoms with Crippen LogP contribution in [-0.2, 0) is 25.8 Å². The predicted molar refractivity (Wildman–Crippen MR) is 114 cm³/mol. The number of hydrogen-bond acceptors (Lipinski definition) is 7. The number of nitrogens with one attached hydrogen (secondary N) is 1. The van der Waals surface area contributed by atoms with Crippen LogP contribution in [0.2, 0.25) is 5.02 Å². The molecule has 0 aliphatic rings. The third kappa shape index (κ3) is 6.50. The van der Waals surface area contributed by atoms with Gasteiger partial charge in [-0.05, 0) is 38.5 Å². The van der Waals surface area contributed by atoms with Crippen LogP contribution in [-0.4, -0.2) is 36.2 Å². The van der Waals surface area contributed by atoms with Gasteiger partial charge in [0.2, 0.25) is 9.84 Å². The number of halogens is 1. The minimum Gasteiger partial charge on any atom is -0.444 e. The lowest BCUT2D eigenvalue weighted by molar-refractivity contribution is -0.384. The average Bonchev–Trinajstić information content (AvgIpc) is 2.66. The molecule has 0 spiro atoms. The summed E-state index contributed by atoms with van der Waals surface area (Å²) in [5.74, 6) is 0. The maximum absolute atomic E-state index is 13.0. The van der Waals surface area contributed by atoms with Gasteiger partial charge in [0.05, 0.1) is 9.82 Å². The van der Waals surface area contributed by atoms with Crippen molar-refractivity contribution < 1.29 is 27.7 Å². The Morgan fingerprint density at radius 1 is 1.16 bits per heavy atom. The Morgan fingerprint density at radius 2 is 1.77 bits per heavy atom. The second-order valence-corrected chi connectivity index (χ2v) is 9.87. The molecule has 9 nitrogen and oxygen atoms in total. The Bertz CT molecular complexity index is 1100. The molecule has 0 saturated heterocycles. The van der Waals surface area contributed by atoms with Crippen molar-refractivity contribution >= 4 is 38.3 Å². The fourth-order valence-corrected chi connectivity index (χ4v) is 4.05. The van der Waals surface area contributed by atoms with E-state index in [1.54, 1.807) is 51.1 Å². The molecule has 0 fully saturated rings. The molecule has 0 heterocycles. The number of alkyl carbamates (subject to hydrolysis) is 1. The van der Waals surface area contributed by atoms with E-state index in [-0.39, 0.29) is 11.4 Å². The number of carbonyl (C=O) groups is 2. The van der Waals surface area contributed by atoms with E-state index in [9.17, 15) is 28.1 Å². The molecule has 0 aliphatic heterocycles. The number of carbonyl (C=O) groups excluding carboxylic acids is 2. The zero-order valence-electron chi connectivity index (χ0n) is 17.0. The van der Waals surface area contributed by atoms with Crippen molar-refractivity contribution in [2.75, 3.05) is 0 Å². The van der Waals surface area contributed by atoms with Gasteiger partial charge in [-0.25, -0.2) is 13.2 Å². The topological polar surface area (TPSA) is 133 Å². The van der Waals surface area contributed by atoms with Gasteiger partial charge in [-0.2, -0.15) is 0 Å². The van der Waals surface area contributed by atoms with Gasteiger partial charge in [-0.1, -0.05) is 41.9 Å². The molecule has 2 aromatic rings. The normalized spacial score (nSPS) is 12.6. The molecular formula is C20H21ClN2O7S. The van der Waals surface area contributed by atoms with Crippen LogP contribution in [0.1, 0.15) is 26.3 Å². The number of rotatable bonds is 6. The van der Waals surface area contributed by atoms with Gasteiger partial charge >= 0.3 is 6.09 Å². The van der Waals surface area contributed by atoms with Crippen molar-refractivity contribution in [1.29, 1.82) is 0 Å². The van der Waals surface area contributed by atoms with Crippen LogP contribution in [0.5, 0.6) is 0 Å². The molecule has 0 unspecified atom stereocenters. The van der Waals surface area contributed by atoms with E-state index in [2.05, 4.69) is 5.32 Å². The minimum atomic E-state index is -4.69. The number of benzene rings is 2. The Balaban J connectivity index is 2.41. The summed E-state index contributed by atoms with van der Waals surface area (Å²) in [4.78, 5) is 34.8. The van der Waals surface area contributed by atoms with Crippen molar-refractivity contribution in [3.8, 4) is 0 Å². The highest BCUT2D eigenvalue weighted by atomic mass is 35.5. The van der Waals surface area contributed by atoms with Crippen LogP contribution < -0.4 is 5.32 Å². The van der Waals surface area contributed by atoms with Crippen LogP contribution in [0, 0.1) is 10.1 Å². The molecule has 0 saturated carbocycles. The van der Waals surface area contributed by atoms with Gasteiger partial charge in [-0.15, -0.1) is 0 Å². The summed E-state index contributed by atoms with van der Waals surface area (Å²) in [6, 6.07) is 9.70. The predicted octanol–water partition coefficient (Wildman–Crippen LogP) is 3.68. The largest absolute Gasteiger partial charge is 0.444 e. The third-order valence-corrected chi connectivity index (χ3v) is 5.96.